The fraction of sp³-hybridized carbons (Fsp3) is 0.300. The van der Waals surface area contributed by atoms with Crippen LogP contribution in [0.3, 0.4) is 0 Å². The van der Waals surface area contributed by atoms with Crippen LogP contribution in [0, 0.1) is 17.5 Å². The number of amides is 1. The molecule has 1 aromatic carbocycles. The lowest BCUT2D eigenvalue weighted by molar-refractivity contribution is 0.0796. The average Bonchev–Trinajstić information content (AvgIpc) is 2.79. The van der Waals surface area contributed by atoms with Crippen molar-refractivity contribution >= 4 is 17.7 Å². The number of hydrogen-bond acceptors (Lipinski definition) is 2. The Morgan fingerprint density at radius 2 is 2.00 bits per heavy atom. The Kier molecular flexibility index (Phi) is 3.09. The first-order chi connectivity index (χ1) is 7.61. The average molecular weight is 247 g/mol. The maximum Gasteiger partial charge on any atom is 0.257 e. The van der Waals surface area contributed by atoms with Crippen LogP contribution in [0.1, 0.15) is 10.4 Å². The fourth-order valence-electron chi connectivity index (χ4n) is 1.44. The number of thioether (sulfide) groups is 1. The maximum absolute atomic E-state index is 13.3. The molecule has 1 aromatic rings. The lowest BCUT2D eigenvalue weighted by atomic mass is 10.1. The molecule has 0 spiro atoms. The van der Waals surface area contributed by atoms with Gasteiger partial charge in [-0.3, -0.25) is 4.79 Å². The van der Waals surface area contributed by atoms with Crippen molar-refractivity contribution in [2.45, 2.75) is 0 Å². The van der Waals surface area contributed by atoms with E-state index in [4.69, 9.17) is 0 Å². The van der Waals surface area contributed by atoms with Gasteiger partial charge in [0.15, 0.2) is 17.5 Å². The van der Waals surface area contributed by atoms with Gasteiger partial charge in [0.25, 0.3) is 5.91 Å². The molecule has 0 atom stereocenters. The molecule has 0 N–H and O–H groups in total. The van der Waals surface area contributed by atoms with Crippen LogP contribution in [0.4, 0.5) is 13.2 Å². The fourth-order valence-corrected chi connectivity index (χ4v) is 2.38. The van der Waals surface area contributed by atoms with Crippen LogP contribution in [-0.2, 0) is 0 Å². The lowest BCUT2D eigenvalue weighted by Gasteiger charge is -2.14. The van der Waals surface area contributed by atoms with Gasteiger partial charge in [-0.25, -0.2) is 13.2 Å². The summed E-state index contributed by atoms with van der Waals surface area (Å²) < 4.78 is 38.9. The number of carbonyl (C=O) groups excluding carboxylic acids is 1. The monoisotopic (exact) mass is 247 g/mol. The number of halogens is 3. The van der Waals surface area contributed by atoms with Crippen LogP contribution in [0.5, 0.6) is 0 Å². The zero-order chi connectivity index (χ0) is 11.7. The minimum atomic E-state index is -1.60. The highest BCUT2D eigenvalue weighted by Gasteiger charge is 2.25. The summed E-state index contributed by atoms with van der Waals surface area (Å²) in [4.78, 5) is 13.1. The van der Waals surface area contributed by atoms with Gasteiger partial charge in [-0.2, -0.15) is 0 Å². The van der Waals surface area contributed by atoms with Crippen molar-refractivity contribution in [2.75, 3.05) is 18.2 Å². The maximum atomic E-state index is 13.3. The summed E-state index contributed by atoms with van der Waals surface area (Å²) in [5, 5.41) is 0. The predicted octanol–water partition coefficient (Wildman–Crippen LogP) is 2.25. The van der Waals surface area contributed by atoms with E-state index in [9.17, 15) is 18.0 Å². The standard InChI is InChI=1S/C10H8F3NOS/c11-7-2-1-6(8(12)9(7)13)10(15)14-3-4-16-5-14/h1-2H,3-5H2. The van der Waals surface area contributed by atoms with E-state index in [0.717, 1.165) is 17.9 Å². The first-order valence-electron chi connectivity index (χ1n) is 4.62. The van der Waals surface area contributed by atoms with E-state index in [1.165, 1.54) is 16.7 Å². The lowest BCUT2D eigenvalue weighted by Crippen LogP contribution is -2.28. The van der Waals surface area contributed by atoms with Crippen LogP contribution in [0.2, 0.25) is 0 Å². The van der Waals surface area contributed by atoms with Crippen molar-refractivity contribution in [1.82, 2.24) is 4.90 Å². The molecule has 16 heavy (non-hydrogen) atoms. The summed E-state index contributed by atoms with van der Waals surface area (Å²) in [5.74, 6) is -3.67. The molecular weight excluding hydrogens is 239 g/mol. The number of hydrogen-bond donors (Lipinski definition) is 0. The zero-order valence-corrected chi connectivity index (χ0v) is 8.99. The molecule has 1 amide bonds. The molecule has 0 saturated carbocycles. The summed E-state index contributed by atoms with van der Waals surface area (Å²) >= 11 is 1.53. The molecule has 0 aliphatic carbocycles. The van der Waals surface area contributed by atoms with Gasteiger partial charge in [0.05, 0.1) is 11.4 Å². The topological polar surface area (TPSA) is 20.3 Å². The predicted molar refractivity (Wildman–Crippen MR) is 54.7 cm³/mol. The Labute approximate surface area is 94.4 Å². The highest BCUT2D eigenvalue weighted by atomic mass is 32.2. The van der Waals surface area contributed by atoms with Crippen LogP contribution < -0.4 is 0 Å². The van der Waals surface area contributed by atoms with Crippen LogP contribution in [-0.4, -0.2) is 29.0 Å². The van der Waals surface area contributed by atoms with Crippen molar-refractivity contribution in [3.63, 3.8) is 0 Å². The largest absolute Gasteiger partial charge is 0.328 e. The second-order valence-electron chi connectivity index (χ2n) is 3.33. The molecule has 2 rings (SSSR count). The molecule has 0 unspecified atom stereocenters. The molecule has 0 aromatic heterocycles. The number of rotatable bonds is 1. The van der Waals surface area contributed by atoms with E-state index in [1.807, 2.05) is 0 Å². The van der Waals surface area contributed by atoms with Gasteiger partial charge >= 0.3 is 0 Å². The Morgan fingerprint density at radius 3 is 2.62 bits per heavy atom. The molecule has 1 fully saturated rings. The molecule has 6 heteroatoms. The molecule has 0 radical (unpaired) electrons. The van der Waals surface area contributed by atoms with Crippen LogP contribution in [0.15, 0.2) is 12.1 Å². The Hall–Kier alpha value is -1.17. The molecule has 0 bridgehead atoms. The Bertz CT molecular complexity index is 432. The summed E-state index contributed by atoms with van der Waals surface area (Å²) in [6, 6.07) is 1.73. The first-order valence-corrected chi connectivity index (χ1v) is 5.77. The van der Waals surface area contributed by atoms with E-state index in [-0.39, 0.29) is 0 Å². The van der Waals surface area contributed by atoms with Crippen molar-refractivity contribution in [1.29, 1.82) is 0 Å². The van der Waals surface area contributed by atoms with Gasteiger partial charge in [-0.15, -0.1) is 11.8 Å². The summed E-state index contributed by atoms with van der Waals surface area (Å²) in [5.41, 5.74) is -0.415. The third-order valence-electron chi connectivity index (χ3n) is 2.31. The third-order valence-corrected chi connectivity index (χ3v) is 3.27. The van der Waals surface area contributed by atoms with Gasteiger partial charge in [-0.05, 0) is 12.1 Å². The van der Waals surface area contributed by atoms with Crippen molar-refractivity contribution in [3.05, 3.63) is 35.1 Å². The van der Waals surface area contributed by atoms with E-state index >= 15 is 0 Å². The van der Waals surface area contributed by atoms with Crippen molar-refractivity contribution in [3.8, 4) is 0 Å². The SMILES string of the molecule is O=C(c1ccc(F)c(F)c1F)N1CCSC1. The quantitative estimate of drug-likeness (QED) is 0.709. The van der Waals surface area contributed by atoms with Crippen LogP contribution in [0.25, 0.3) is 0 Å². The molecule has 1 heterocycles. The molecule has 2 nitrogen and oxygen atoms in total. The molecule has 86 valence electrons. The zero-order valence-electron chi connectivity index (χ0n) is 8.17. The van der Waals surface area contributed by atoms with E-state index in [1.54, 1.807) is 0 Å². The summed E-state index contributed by atoms with van der Waals surface area (Å²) in [6.45, 7) is 0.502. The second-order valence-corrected chi connectivity index (χ2v) is 4.40. The summed E-state index contributed by atoms with van der Waals surface area (Å²) in [7, 11) is 0. The van der Waals surface area contributed by atoms with Crippen molar-refractivity contribution < 1.29 is 18.0 Å². The summed E-state index contributed by atoms with van der Waals surface area (Å²) in [6.07, 6.45) is 0. The minimum Gasteiger partial charge on any atom is -0.328 e. The second kappa shape index (κ2) is 4.37. The molecule has 1 aliphatic rings. The highest BCUT2D eigenvalue weighted by molar-refractivity contribution is 7.99. The van der Waals surface area contributed by atoms with Gasteiger partial charge in [0, 0.05) is 12.3 Å². The third kappa shape index (κ3) is 1.89. The molecular formula is C10H8F3NOS. The van der Waals surface area contributed by atoms with E-state index in [2.05, 4.69) is 0 Å². The smallest absolute Gasteiger partial charge is 0.257 e. The number of carbonyl (C=O) groups is 1. The Morgan fingerprint density at radius 1 is 1.25 bits per heavy atom. The minimum absolute atomic E-state index is 0.415. The highest BCUT2D eigenvalue weighted by Crippen LogP contribution is 2.20. The Balaban J connectivity index is 2.33. The molecule has 1 saturated heterocycles. The molecule has 1 aliphatic heterocycles. The van der Waals surface area contributed by atoms with Crippen molar-refractivity contribution in [2.24, 2.45) is 0 Å². The normalized spacial score (nSPS) is 15.6. The van der Waals surface area contributed by atoms with Gasteiger partial charge in [-0.1, -0.05) is 0 Å². The number of nitrogens with zero attached hydrogens (tertiary/aromatic N) is 1. The van der Waals surface area contributed by atoms with Gasteiger partial charge < -0.3 is 4.90 Å². The van der Waals surface area contributed by atoms with E-state index in [0.29, 0.717) is 12.4 Å². The first kappa shape index (κ1) is 11.3. The number of benzene rings is 1. The van der Waals surface area contributed by atoms with E-state index < -0.39 is 28.9 Å². The van der Waals surface area contributed by atoms with Crippen LogP contribution >= 0.6 is 11.8 Å². The van der Waals surface area contributed by atoms with Gasteiger partial charge in [0.2, 0.25) is 0 Å². The van der Waals surface area contributed by atoms with Gasteiger partial charge in [0.1, 0.15) is 0 Å².